The van der Waals surface area contributed by atoms with Crippen molar-refractivity contribution >= 4 is 5.78 Å². The fraction of sp³-hybridized carbons (Fsp3) is 0.533. The van der Waals surface area contributed by atoms with E-state index in [1.54, 1.807) is 0 Å². The molecule has 1 rings (SSSR count). The first kappa shape index (κ1) is 13.9. The van der Waals surface area contributed by atoms with Gasteiger partial charge >= 0.3 is 0 Å². The molecule has 0 radical (unpaired) electrons. The van der Waals surface area contributed by atoms with Crippen molar-refractivity contribution in [3.05, 3.63) is 35.9 Å². The van der Waals surface area contributed by atoms with Crippen LogP contribution in [0.1, 0.15) is 33.3 Å². The summed E-state index contributed by atoms with van der Waals surface area (Å²) in [4.78, 5) is 12.1. The van der Waals surface area contributed by atoms with Crippen molar-refractivity contribution in [3.63, 3.8) is 0 Å². The van der Waals surface area contributed by atoms with Crippen LogP contribution in [0.25, 0.3) is 0 Å². The van der Waals surface area contributed by atoms with Crippen molar-refractivity contribution in [2.75, 3.05) is 0 Å². The lowest BCUT2D eigenvalue weighted by atomic mass is 9.98. The van der Waals surface area contributed by atoms with Crippen molar-refractivity contribution in [1.29, 1.82) is 0 Å². The Morgan fingerprint density at radius 3 is 2.18 bits per heavy atom. The lowest BCUT2D eigenvalue weighted by molar-refractivity contribution is -0.136. The van der Waals surface area contributed by atoms with Crippen LogP contribution >= 0.6 is 0 Å². The van der Waals surface area contributed by atoms with Crippen LogP contribution in [0.5, 0.6) is 0 Å². The van der Waals surface area contributed by atoms with E-state index in [1.807, 2.05) is 58.0 Å². The first-order chi connectivity index (χ1) is 8.00. The number of ketones is 1. The molecule has 0 aliphatic carbocycles. The minimum Gasteiger partial charge on any atom is -0.367 e. The van der Waals surface area contributed by atoms with Crippen molar-refractivity contribution in [2.45, 2.75) is 46.3 Å². The van der Waals surface area contributed by atoms with E-state index in [0.717, 1.165) is 5.56 Å². The van der Waals surface area contributed by atoms with Gasteiger partial charge in [-0.05, 0) is 19.4 Å². The summed E-state index contributed by atoms with van der Waals surface area (Å²) in [5, 5.41) is 0. The lowest BCUT2D eigenvalue weighted by Gasteiger charge is -2.21. The SMILES string of the molecule is CC(C)OC(Cc1ccccc1)C(=O)C(C)C. The minimum absolute atomic E-state index is 0.0162. The van der Waals surface area contributed by atoms with Gasteiger partial charge in [0.15, 0.2) is 5.78 Å². The van der Waals surface area contributed by atoms with Gasteiger partial charge in [-0.1, -0.05) is 44.2 Å². The van der Waals surface area contributed by atoms with Gasteiger partial charge in [-0.25, -0.2) is 0 Å². The zero-order chi connectivity index (χ0) is 12.8. The number of ether oxygens (including phenoxy) is 1. The highest BCUT2D eigenvalue weighted by Crippen LogP contribution is 2.13. The van der Waals surface area contributed by atoms with E-state index in [4.69, 9.17) is 4.74 Å². The van der Waals surface area contributed by atoms with E-state index in [9.17, 15) is 4.79 Å². The summed E-state index contributed by atoms with van der Waals surface area (Å²) in [5.41, 5.74) is 1.15. The number of Topliss-reactive ketones (excluding diaryl/α,β-unsaturated/α-hetero) is 1. The molecule has 0 aliphatic heterocycles. The van der Waals surface area contributed by atoms with Crippen LogP contribution in [0.2, 0.25) is 0 Å². The molecule has 0 bridgehead atoms. The Morgan fingerprint density at radius 1 is 1.12 bits per heavy atom. The molecule has 0 aliphatic rings. The van der Waals surface area contributed by atoms with Gasteiger partial charge in [-0.3, -0.25) is 4.79 Å². The largest absolute Gasteiger partial charge is 0.367 e. The molecule has 0 fully saturated rings. The van der Waals surface area contributed by atoms with Crippen LogP contribution in [-0.2, 0) is 16.0 Å². The maximum Gasteiger partial charge on any atom is 0.164 e. The smallest absolute Gasteiger partial charge is 0.164 e. The summed E-state index contributed by atoms with van der Waals surface area (Å²) in [6.07, 6.45) is 0.416. The Hall–Kier alpha value is -1.15. The molecule has 0 heterocycles. The number of carbonyl (C=O) groups is 1. The Morgan fingerprint density at radius 2 is 1.71 bits per heavy atom. The molecule has 1 atom stereocenters. The Kier molecular flexibility index (Phi) is 5.36. The maximum atomic E-state index is 12.1. The number of hydrogen-bond acceptors (Lipinski definition) is 2. The lowest BCUT2D eigenvalue weighted by Crippen LogP contribution is -2.32. The maximum absolute atomic E-state index is 12.1. The molecule has 2 nitrogen and oxygen atoms in total. The molecule has 1 aromatic rings. The summed E-state index contributed by atoms with van der Waals surface area (Å²) >= 11 is 0. The Balaban J connectivity index is 2.74. The van der Waals surface area contributed by atoms with Gasteiger partial charge in [0.25, 0.3) is 0 Å². The highest BCUT2D eigenvalue weighted by atomic mass is 16.5. The predicted octanol–water partition coefficient (Wildman–Crippen LogP) is 3.25. The Bertz CT molecular complexity index is 341. The van der Waals surface area contributed by atoms with Crippen molar-refractivity contribution in [3.8, 4) is 0 Å². The molecule has 2 heteroatoms. The van der Waals surface area contributed by atoms with E-state index >= 15 is 0 Å². The first-order valence-corrected chi connectivity index (χ1v) is 6.23. The van der Waals surface area contributed by atoms with Crippen molar-refractivity contribution in [1.82, 2.24) is 0 Å². The van der Waals surface area contributed by atoms with Gasteiger partial charge in [0.05, 0.1) is 6.10 Å². The average molecular weight is 234 g/mol. The molecule has 0 aromatic heterocycles. The third-order valence-electron chi connectivity index (χ3n) is 2.59. The number of benzene rings is 1. The van der Waals surface area contributed by atoms with Crippen LogP contribution < -0.4 is 0 Å². The number of rotatable bonds is 6. The van der Waals surface area contributed by atoms with Gasteiger partial charge in [0.2, 0.25) is 0 Å². The molecular formula is C15H22O2. The summed E-state index contributed by atoms with van der Waals surface area (Å²) in [6.45, 7) is 7.77. The number of hydrogen-bond donors (Lipinski definition) is 0. The highest BCUT2D eigenvalue weighted by Gasteiger charge is 2.23. The van der Waals surface area contributed by atoms with Crippen molar-refractivity contribution < 1.29 is 9.53 Å². The van der Waals surface area contributed by atoms with Crippen LogP contribution in [0, 0.1) is 5.92 Å². The molecule has 0 spiro atoms. The second-order valence-corrected chi connectivity index (χ2v) is 4.92. The summed E-state index contributed by atoms with van der Waals surface area (Å²) in [5.74, 6) is 0.199. The van der Waals surface area contributed by atoms with Gasteiger partial charge < -0.3 is 4.74 Å². The van der Waals surface area contributed by atoms with Gasteiger partial charge in [0, 0.05) is 12.3 Å². The third-order valence-corrected chi connectivity index (χ3v) is 2.59. The molecule has 1 unspecified atom stereocenters. The third kappa shape index (κ3) is 4.70. The standard InChI is InChI=1S/C15H22O2/c1-11(2)15(16)14(17-12(3)4)10-13-8-6-5-7-9-13/h5-9,11-12,14H,10H2,1-4H3. The van der Waals surface area contributed by atoms with Gasteiger partial charge in [-0.2, -0.15) is 0 Å². The molecule has 0 saturated heterocycles. The van der Waals surface area contributed by atoms with E-state index < -0.39 is 0 Å². The molecule has 0 saturated carbocycles. The summed E-state index contributed by atoms with van der Waals surface area (Å²) < 4.78 is 5.73. The highest BCUT2D eigenvalue weighted by molar-refractivity contribution is 5.85. The topological polar surface area (TPSA) is 26.3 Å². The molecule has 1 aromatic carbocycles. The summed E-state index contributed by atoms with van der Waals surface area (Å²) in [7, 11) is 0. The number of carbonyl (C=O) groups excluding carboxylic acids is 1. The monoisotopic (exact) mass is 234 g/mol. The van der Waals surface area contributed by atoms with E-state index in [0.29, 0.717) is 6.42 Å². The molecule has 94 valence electrons. The zero-order valence-electron chi connectivity index (χ0n) is 11.1. The first-order valence-electron chi connectivity index (χ1n) is 6.23. The molecule has 0 amide bonds. The van der Waals surface area contributed by atoms with Gasteiger partial charge in [-0.15, -0.1) is 0 Å². The van der Waals surface area contributed by atoms with Crippen LogP contribution in [0.3, 0.4) is 0 Å². The second-order valence-electron chi connectivity index (χ2n) is 4.92. The Labute approximate surface area is 104 Å². The fourth-order valence-corrected chi connectivity index (χ4v) is 1.74. The second kappa shape index (κ2) is 6.55. The van der Waals surface area contributed by atoms with E-state index in [2.05, 4.69) is 0 Å². The van der Waals surface area contributed by atoms with Crippen LogP contribution in [0.15, 0.2) is 30.3 Å². The average Bonchev–Trinajstić information content (AvgIpc) is 2.28. The van der Waals surface area contributed by atoms with E-state index in [-0.39, 0.29) is 23.9 Å². The predicted molar refractivity (Wildman–Crippen MR) is 70.0 cm³/mol. The molecular weight excluding hydrogens is 212 g/mol. The van der Waals surface area contributed by atoms with Crippen molar-refractivity contribution in [2.24, 2.45) is 5.92 Å². The minimum atomic E-state index is -0.322. The normalized spacial score (nSPS) is 13.1. The zero-order valence-corrected chi connectivity index (χ0v) is 11.1. The molecule has 0 N–H and O–H groups in total. The quantitative estimate of drug-likeness (QED) is 0.755. The molecule has 17 heavy (non-hydrogen) atoms. The summed E-state index contributed by atoms with van der Waals surface area (Å²) in [6, 6.07) is 10.0. The van der Waals surface area contributed by atoms with E-state index in [1.165, 1.54) is 0 Å². The fourth-order valence-electron chi connectivity index (χ4n) is 1.74. The van der Waals surface area contributed by atoms with Crippen LogP contribution in [0.4, 0.5) is 0 Å². The van der Waals surface area contributed by atoms with Crippen LogP contribution in [-0.4, -0.2) is 18.0 Å². The van der Waals surface area contributed by atoms with Gasteiger partial charge in [0.1, 0.15) is 6.10 Å².